The molecule has 0 bridgehead atoms. The number of hydrogen-bond acceptors (Lipinski definition) is 6. The summed E-state index contributed by atoms with van der Waals surface area (Å²) in [5, 5.41) is 17.0. The number of anilines is 3. The molecule has 0 fully saturated rings. The molecule has 0 aliphatic heterocycles. The maximum Gasteiger partial charge on any atom is 0.415 e. The third-order valence-corrected chi connectivity index (χ3v) is 4.72. The van der Waals surface area contributed by atoms with Crippen LogP contribution in [0, 0.1) is 0 Å². The summed E-state index contributed by atoms with van der Waals surface area (Å²) in [6, 6.07) is 4.57. The normalized spacial score (nSPS) is 11.4. The first kappa shape index (κ1) is 23.1. The maximum atomic E-state index is 12.7. The molecular formula is C21H24ClN5O5. The van der Waals surface area contributed by atoms with Crippen molar-refractivity contribution in [3.05, 3.63) is 51.5 Å². The highest BCUT2D eigenvalue weighted by molar-refractivity contribution is 6.30. The van der Waals surface area contributed by atoms with Crippen molar-refractivity contribution >= 4 is 46.4 Å². The van der Waals surface area contributed by atoms with Crippen LogP contribution in [0.5, 0.6) is 0 Å². The SMILES string of the molecule is CCn1cc(Cl)cc(Nc2cc(N(C)C(=O)OC(C)(C)C)n3ncc(C(=O)O)c3c2)c1=O. The first-order chi connectivity index (χ1) is 14.9. The van der Waals surface area contributed by atoms with Gasteiger partial charge in [0, 0.05) is 31.5 Å². The molecular weight excluding hydrogens is 438 g/mol. The smallest absolute Gasteiger partial charge is 0.415 e. The number of hydrogen-bond donors (Lipinski definition) is 2. The van der Waals surface area contributed by atoms with Crippen molar-refractivity contribution in [3.8, 4) is 0 Å². The molecule has 0 aromatic carbocycles. The van der Waals surface area contributed by atoms with Crippen LogP contribution in [0.2, 0.25) is 5.02 Å². The lowest BCUT2D eigenvalue weighted by Gasteiger charge is -2.25. The second-order valence-corrected chi connectivity index (χ2v) is 8.53. The molecule has 1 amide bonds. The molecule has 0 unspecified atom stereocenters. The van der Waals surface area contributed by atoms with E-state index in [-0.39, 0.29) is 28.1 Å². The number of ether oxygens (including phenoxy) is 1. The maximum absolute atomic E-state index is 12.7. The largest absolute Gasteiger partial charge is 0.478 e. The van der Waals surface area contributed by atoms with Crippen LogP contribution in [-0.2, 0) is 11.3 Å². The fourth-order valence-electron chi connectivity index (χ4n) is 3.05. The lowest BCUT2D eigenvalue weighted by Crippen LogP contribution is -2.35. The van der Waals surface area contributed by atoms with Crippen LogP contribution in [0.4, 0.5) is 22.0 Å². The lowest BCUT2D eigenvalue weighted by atomic mass is 10.2. The van der Waals surface area contributed by atoms with Gasteiger partial charge in [-0.15, -0.1) is 0 Å². The molecule has 11 heteroatoms. The Labute approximate surface area is 189 Å². The van der Waals surface area contributed by atoms with E-state index in [2.05, 4.69) is 10.4 Å². The Kier molecular flexibility index (Phi) is 6.18. The van der Waals surface area contributed by atoms with Gasteiger partial charge in [-0.05, 0) is 39.8 Å². The van der Waals surface area contributed by atoms with Crippen LogP contribution in [0.15, 0.2) is 35.4 Å². The minimum absolute atomic E-state index is 0.0652. The van der Waals surface area contributed by atoms with Gasteiger partial charge in [-0.25, -0.2) is 14.1 Å². The molecule has 3 heterocycles. The van der Waals surface area contributed by atoms with Crippen molar-refractivity contribution < 1.29 is 19.4 Å². The number of carbonyl (C=O) groups is 2. The molecule has 0 spiro atoms. The van der Waals surface area contributed by atoms with Crippen LogP contribution in [-0.4, -0.2) is 44.0 Å². The predicted octanol–water partition coefficient (Wildman–Crippen LogP) is 3.98. The predicted molar refractivity (Wildman–Crippen MR) is 121 cm³/mol. The van der Waals surface area contributed by atoms with Gasteiger partial charge in [0.25, 0.3) is 5.56 Å². The molecule has 0 aliphatic carbocycles. The Morgan fingerprint density at radius 3 is 2.56 bits per heavy atom. The Hall–Kier alpha value is -3.53. The zero-order chi connectivity index (χ0) is 23.8. The van der Waals surface area contributed by atoms with E-state index in [4.69, 9.17) is 16.3 Å². The van der Waals surface area contributed by atoms with Crippen LogP contribution >= 0.6 is 11.6 Å². The summed E-state index contributed by atoms with van der Waals surface area (Å²) >= 11 is 6.14. The number of nitrogens with zero attached hydrogens (tertiary/aromatic N) is 4. The van der Waals surface area contributed by atoms with Crippen molar-refractivity contribution in [1.82, 2.24) is 14.2 Å². The highest BCUT2D eigenvalue weighted by Crippen LogP contribution is 2.28. The molecule has 0 saturated carbocycles. The number of aromatic carboxylic acids is 1. The number of halogens is 1. The molecule has 0 radical (unpaired) electrons. The van der Waals surface area contributed by atoms with E-state index in [0.29, 0.717) is 17.3 Å². The third-order valence-electron chi connectivity index (χ3n) is 4.51. The van der Waals surface area contributed by atoms with Crippen molar-refractivity contribution in [2.75, 3.05) is 17.3 Å². The Morgan fingerprint density at radius 2 is 1.97 bits per heavy atom. The third kappa shape index (κ3) is 4.70. The zero-order valence-corrected chi connectivity index (χ0v) is 19.1. The number of carboxylic acids is 1. The van der Waals surface area contributed by atoms with Crippen LogP contribution in [0.3, 0.4) is 0 Å². The fraction of sp³-hybridized carbons (Fsp3) is 0.333. The molecule has 32 heavy (non-hydrogen) atoms. The van der Waals surface area contributed by atoms with Gasteiger partial charge in [0.05, 0.1) is 16.7 Å². The summed E-state index contributed by atoms with van der Waals surface area (Å²) in [7, 11) is 1.48. The van der Waals surface area contributed by atoms with E-state index >= 15 is 0 Å². The van der Waals surface area contributed by atoms with E-state index < -0.39 is 17.7 Å². The van der Waals surface area contributed by atoms with Crippen molar-refractivity contribution in [2.24, 2.45) is 0 Å². The number of aryl methyl sites for hydroxylation is 1. The van der Waals surface area contributed by atoms with Gasteiger partial charge in [-0.3, -0.25) is 9.69 Å². The molecule has 0 aliphatic rings. The second kappa shape index (κ2) is 8.54. The van der Waals surface area contributed by atoms with Crippen molar-refractivity contribution in [2.45, 2.75) is 39.8 Å². The molecule has 2 N–H and O–H groups in total. The summed E-state index contributed by atoms with van der Waals surface area (Å²) in [6.07, 6.45) is 2.07. The number of carbonyl (C=O) groups excluding carboxylic acids is 1. The van der Waals surface area contributed by atoms with Gasteiger partial charge in [0.15, 0.2) is 0 Å². The van der Waals surface area contributed by atoms with E-state index in [1.807, 2.05) is 6.92 Å². The molecule has 3 rings (SSSR count). The first-order valence-electron chi connectivity index (χ1n) is 9.80. The van der Waals surface area contributed by atoms with E-state index in [9.17, 15) is 19.5 Å². The topological polar surface area (TPSA) is 118 Å². The number of nitrogens with one attached hydrogen (secondary N) is 1. The van der Waals surface area contributed by atoms with Gasteiger partial charge >= 0.3 is 12.1 Å². The first-order valence-corrected chi connectivity index (χ1v) is 10.2. The van der Waals surface area contributed by atoms with E-state index in [1.165, 1.54) is 45.6 Å². The van der Waals surface area contributed by atoms with Gasteiger partial charge in [-0.1, -0.05) is 11.6 Å². The number of carboxylic acid groups (broad SMARTS) is 1. The zero-order valence-electron chi connectivity index (χ0n) is 18.3. The second-order valence-electron chi connectivity index (χ2n) is 8.09. The highest BCUT2D eigenvalue weighted by Gasteiger charge is 2.24. The van der Waals surface area contributed by atoms with Crippen molar-refractivity contribution in [3.63, 3.8) is 0 Å². The Bertz CT molecular complexity index is 1260. The standard InChI is InChI=1S/C21H24ClN5O5/c1-6-26-11-12(22)7-15(18(26)28)24-13-8-16-14(19(29)30)10-23-27(16)17(9-13)25(5)20(31)32-21(2,3)4/h7-11,24H,6H2,1-5H3,(H,29,30). The monoisotopic (exact) mass is 461 g/mol. The number of amides is 1. The minimum atomic E-state index is -1.18. The van der Waals surface area contributed by atoms with Crippen molar-refractivity contribution in [1.29, 1.82) is 0 Å². The molecule has 0 atom stereocenters. The summed E-state index contributed by atoms with van der Waals surface area (Å²) < 4.78 is 8.18. The Morgan fingerprint density at radius 1 is 1.28 bits per heavy atom. The van der Waals surface area contributed by atoms with Crippen LogP contribution in [0.25, 0.3) is 5.52 Å². The average molecular weight is 462 g/mol. The summed E-state index contributed by atoms with van der Waals surface area (Å²) in [6.45, 7) is 7.44. The lowest BCUT2D eigenvalue weighted by molar-refractivity contribution is 0.0587. The van der Waals surface area contributed by atoms with E-state index in [0.717, 1.165) is 0 Å². The van der Waals surface area contributed by atoms with Gasteiger partial charge < -0.3 is 19.7 Å². The number of fused-ring (bicyclic) bond motifs is 1. The fourth-order valence-corrected chi connectivity index (χ4v) is 3.27. The minimum Gasteiger partial charge on any atom is -0.478 e. The van der Waals surface area contributed by atoms with Crippen LogP contribution in [0.1, 0.15) is 38.1 Å². The summed E-state index contributed by atoms with van der Waals surface area (Å²) in [4.78, 5) is 38.2. The molecule has 3 aromatic heterocycles. The summed E-state index contributed by atoms with van der Waals surface area (Å²) in [5.74, 6) is -0.941. The van der Waals surface area contributed by atoms with Crippen LogP contribution < -0.4 is 15.8 Å². The summed E-state index contributed by atoms with van der Waals surface area (Å²) in [5.41, 5.74) is -0.303. The van der Waals surface area contributed by atoms with Gasteiger partial charge in [0.2, 0.25) is 0 Å². The Balaban J connectivity index is 2.15. The van der Waals surface area contributed by atoms with Gasteiger partial charge in [0.1, 0.15) is 22.7 Å². The number of rotatable bonds is 5. The molecule has 10 nitrogen and oxygen atoms in total. The number of aromatic nitrogens is 3. The molecule has 0 saturated heterocycles. The highest BCUT2D eigenvalue weighted by atomic mass is 35.5. The molecule has 170 valence electrons. The molecule has 3 aromatic rings. The van der Waals surface area contributed by atoms with E-state index in [1.54, 1.807) is 26.8 Å². The van der Waals surface area contributed by atoms with Gasteiger partial charge in [-0.2, -0.15) is 5.10 Å². The quantitative estimate of drug-likeness (QED) is 0.589. The average Bonchev–Trinajstić information content (AvgIpc) is 3.12. The number of pyridine rings is 2.